The van der Waals surface area contributed by atoms with Gasteiger partial charge in [-0.15, -0.1) is 0 Å². The number of rotatable bonds is 2. The van der Waals surface area contributed by atoms with Crippen LogP contribution in [-0.2, 0) is 13.0 Å². The number of hydrogen-bond donors (Lipinski definition) is 1. The third kappa shape index (κ3) is 2.77. The lowest BCUT2D eigenvalue weighted by Crippen LogP contribution is -2.36. The number of anilines is 1. The van der Waals surface area contributed by atoms with Crippen molar-refractivity contribution in [2.45, 2.75) is 51.1 Å². The van der Waals surface area contributed by atoms with Crippen molar-refractivity contribution in [2.24, 2.45) is 0 Å². The smallest absolute Gasteiger partial charge is 0.198 e. The van der Waals surface area contributed by atoms with Gasteiger partial charge in [0.15, 0.2) is 4.73 Å². The molecule has 1 fully saturated rings. The Labute approximate surface area is 123 Å². The first-order valence-electron chi connectivity index (χ1n) is 7.24. The molecule has 0 amide bonds. The molecule has 19 heavy (non-hydrogen) atoms. The number of halogens is 1. The molecule has 1 aliphatic heterocycles. The van der Waals surface area contributed by atoms with Gasteiger partial charge in [0.25, 0.3) is 0 Å². The fraction of sp³-hybridized carbons (Fsp3) is 0.714. The first-order valence-corrected chi connectivity index (χ1v) is 8.04. The second kappa shape index (κ2) is 5.75. The lowest BCUT2D eigenvalue weighted by molar-refractivity contribution is 0.424. The Morgan fingerprint density at radius 1 is 1.21 bits per heavy atom. The van der Waals surface area contributed by atoms with Crippen LogP contribution in [0.25, 0.3) is 0 Å². The van der Waals surface area contributed by atoms with Crippen molar-refractivity contribution in [1.29, 1.82) is 0 Å². The van der Waals surface area contributed by atoms with Crippen LogP contribution in [-0.4, -0.2) is 29.6 Å². The molecule has 1 aliphatic carbocycles. The van der Waals surface area contributed by atoms with Crippen LogP contribution < -0.4 is 10.2 Å². The molecular weight excluding hydrogens is 304 g/mol. The van der Waals surface area contributed by atoms with Crippen LogP contribution >= 0.6 is 15.9 Å². The molecule has 2 heterocycles. The molecule has 1 aromatic heterocycles. The molecule has 3 rings (SSSR count). The van der Waals surface area contributed by atoms with Gasteiger partial charge in [0, 0.05) is 38.2 Å². The lowest BCUT2D eigenvalue weighted by atomic mass is 9.94. The molecule has 4 nitrogen and oxygen atoms in total. The Balaban J connectivity index is 1.92. The van der Waals surface area contributed by atoms with Gasteiger partial charge in [-0.3, -0.25) is 0 Å². The molecule has 0 aromatic carbocycles. The van der Waals surface area contributed by atoms with Crippen molar-refractivity contribution in [3.05, 3.63) is 16.0 Å². The van der Waals surface area contributed by atoms with Gasteiger partial charge in [-0.1, -0.05) is 19.3 Å². The highest BCUT2D eigenvalue weighted by Crippen LogP contribution is 2.30. The molecule has 1 N–H and O–H groups in total. The van der Waals surface area contributed by atoms with Gasteiger partial charge in [0.1, 0.15) is 5.82 Å². The molecule has 1 saturated carbocycles. The number of aromatic nitrogens is 2. The van der Waals surface area contributed by atoms with Crippen LogP contribution in [0, 0.1) is 0 Å². The fourth-order valence-electron chi connectivity index (χ4n) is 3.23. The van der Waals surface area contributed by atoms with Crippen LogP contribution in [0.15, 0.2) is 4.73 Å². The molecular formula is C14H21BrN4. The zero-order chi connectivity index (χ0) is 13.2. The molecule has 0 bridgehead atoms. The van der Waals surface area contributed by atoms with Gasteiger partial charge < -0.3 is 10.2 Å². The molecule has 0 radical (unpaired) electrons. The normalized spacial score (nSPS) is 20.1. The standard InChI is InChI=1S/C14H21BrN4/c1-19(10-5-3-2-4-6-10)13-11-9-16-8-7-12(11)17-14(15)18-13/h10,16H,2-9H2,1H3. The van der Waals surface area contributed by atoms with E-state index in [1.165, 1.54) is 43.4 Å². The number of nitrogens with zero attached hydrogens (tertiary/aromatic N) is 3. The summed E-state index contributed by atoms with van der Waals surface area (Å²) in [5.41, 5.74) is 2.50. The predicted molar refractivity (Wildman–Crippen MR) is 80.4 cm³/mol. The Hall–Kier alpha value is -0.680. The highest BCUT2D eigenvalue weighted by Gasteiger charge is 2.24. The monoisotopic (exact) mass is 324 g/mol. The number of hydrogen-bond acceptors (Lipinski definition) is 4. The summed E-state index contributed by atoms with van der Waals surface area (Å²) in [4.78, 5) is 11.6. The molecule has 0 atom stereocenters. The summed E-state index contributed by atoms with van der Waals surface area (Å²) in [6.07, 6.45) is 7.67. The summed E-state index contributed by atoms with van der Waals surface area (Å²) < 4.78 is 0.728. The van der Waals surface area contributed by atoms with Gasteiger partial charge in [0.05, 0.1) is 5.69 Å². The van der Waals surface area contributed by atoms with Crippen LogP contribution in [0.1, 0.15) is 43.4 Å². The van der Waals surface area contributed by atoms with E-state index in [1.54, 1.807) is 0 Å². The van der Waals surface area contributed by atoms with E-state index >= 15 is 0 Å². The topological polar surface area (TPSA) is 41.1 Å². The Morgan fingerprint density at radius 3 is 2.79 bits per heavy atom. The van der Waals surface area contributed by atoms with E-state index in [-0.39, 0.29) is 0 Å². The zero-order valence-corrected chi connectivity index (χ0v) is 13.0. The molecule has 104 valence electrons. The molecule has 0 spiro atoms. The SMILES string of the molecule is CN(c1nc(Br)nc2c1CNCC2)C1CCCCC1. The minimum absolute atomic E-state index is 0.640. The number of nitrogens with one attached hydrogen (secondary N) is 1. The summed E-state index contributed by atoms with van der Waals surface area (Å²) in [6, 6.07) is 0.640. The van der Waals surface area contributed by atoms with Crippen molar-refractivity contribution < 1.29 is 0 Å². The van der Waals surface area contributed by atoms with E-state index in [9.17, 15) is 0 Å². The van der Waals surface area contributed by atoms with Gasteiger partial charge >= 0.3 is 0 Å². The first-order chi connectivity index (χ1) is 9.25. The zero-order valence-electron chi connectivity index (χ0n) is 11.5. The lowest BCUT2D eigenvalue weighted by Gasteiger charge is -2.34. The maximum Gasteiger partial charge on any atom is 0.198 e. The third-order valence-corrected chi connectivity index (χ3v) is 4.70. The second-order valence-electron chi connectivity index (χ2n) is 5.57. The molecule has 0 unspecified atom stereocenters. The van der Waals surface area contributed by atoms with Gasteiger partial charge in [-0.2, -0.15) is 0 Å². The Kier molecular flexibility index (Phi) is 4.03. The summed E-state index contributed by atoms with van der Waals surface area (Å²) in [5.74, 6) is 1.12. The van der Waals surface area contributed by atoms with Gasteiger partial charge in [0.2, 0.25) is 0 Å². The summed E-state index contributed by atoms with van der Waals surface area (Å²) >= 11 is 3.46. The van der Waals surface area contributed by atoms with Crippen LogP contribution in [0.5, 0.6) is 0 Å². The van der Waals surface area contributed by atoms with E-state index < -0.39 is 0 Å². The second-order valence-corrected chi connectivity index (χ2v) is 6.28. The quantitative estimate of drug-likeness (QED) is 0.849. The van der Waals surface area contributed by atoms with Crippen LogP contribution in [0.2, 0.25) is 0 Å². The Morgan fingerprint density at radius 2 is 2.00 bits per heavy atom. The minimum atomic E-state index is 0.640. The van der Waals surface area contributed by atoms with E-state index in [4.69, 9.17) is 0 Å². The van der Waals surface area contributed by atoms with Crippen LogP contribution in [0.3, 0.4) is 0 Å². The predicted octanol–water partition coefficient (Wildman–Crippen LogP) is 2.65. The van der Waals surface area contributed by atoms with Crippen LogP contribution in [0.4, 0.5) is 5.82 Å². The molecule has 0 saturated heterocycles. The summed E-state index contributed by atoms with van der Waals surface area (Å²) in [7, 11) is 2.19. The fourth-order valence-corrected chi connectivity index (χ4v) is 3.61. The average Bonchev–Trinajstić information content (AvgIpc) is 2.46. The van der Waals surface area contributed by atoms with E-state index in [2.05, 4.69) is 43.2 Å². The van der Waals surface area contributed by atoms with Gasteiger partial charge in [-0.05, 0) is 28.8 Å². The largest absolute Gasteiger partial charge is 0.356 e. The first kappa shape index (κ1) is 13.3. The van der Waals surface area contributed by atoms with Crippen molar-refractivity contribution in [3.63, 3.8) is 0 Å². The maximum absolute atomic E-state index is 4.65. The highest BCUT2D eigenvalue weighted by atomic mass is 79.9. The van der Waals surface area contributed by atoms with Crippen molar-refractivity contribution in [2.75, 3.05) is 18.5 Å². The van der Waals surface area contributed by atoms with Crippen molar-refractivity contribution >= 4 is 21.7 Å². The third-order valence-electron chi connectivity index (χ3n) is 4.34. The summed E-state index contributed by atoms with van der Waals surface area (Å²) in [6.45, 7) is 1.91. The summed E-state index contributed by atoms with van der Waals surface area (Å²) in [5, 5.41) is 3.44. The Bertz CT molecular complexity index is 457. The minimum Gasteiger partial charge on any atom is -0.356 e. The number of fused-ring (bicyclic) bond motifs is 1. The highest BCUT2D eigenvalue weighted by molar-refractivity contribution is 9.10. The van der Waals surface area contributed by atoms with Gasteiger partial charge in [-0.25, -0.2) is 9.97 Å². The maximum atomic E-state index is 4.65. The van der Waals surface area contributed by atoms with Crippen molar-refractivity contribution in [1.82, 2.24) is 15.3 Å². The van der Waals surface area contributed by atoms with E-state index in [1.807, 2.05) is 0 Å². The molecule has 1 aromatic rings. The van der Waals surface area contributed by atoms with E-state index in [0.29, 0.717) is 6.04 Å². The van der Waals surface area contributed by atoms with Crippen molar-refractivity contribution in [3.8, 4) is 0 Å². The average molecular weight is 325 g/mol. The molecule has 5 heteroatoms. The van der Waals surface area contributed by atoms with E-state index in [0.717, 1.165) is 30.1 Å². The molecule has 2 aliphatic rings.